The van der Waals surface area contributed by atoms with Crippen LogP contribution in [0.2, 0.25) is 0 Å². The molecule has 0 aliphatic heterocycles. The van der Waals surface area contributed by atoms with Gasteiger partial charge in [0.15, 0.2) is 0 Å². The van der Waals surface area contributed by atoms with Gasteiger partial charge in [0, 0.05) is 0 Å². The summed E-state index contributed by atoms with van der Waals surface area (Å²) in [5.41, 5.74) is 0. The zero-order chi connectivity index (χ0) is 14.3. The third-order valence-corrected chi connectivity index (χ3v) is 0. The summed E-state index contributed by atoms with van der Waals surface area (Å²) >= 11 is 0. The fourth-order valence-corrected chi connectivity index (χ4v) is 0. The van der Waals surface area contributed by atoms with Crippen molar-refractivity contribution < 1.29 is 98.4 Å². The Morgan fingerprint density at radius 3 is 0.310 bits per heavy atom. The van der Waals surface area contributed by atoms with Gasteiger partial charge in [-0.1, -0.05) is 0 Å². The molecular formula is C4H12Mg6O19+2. The van der Waals surface area contributed by atoms with Gasteiger partial charge in [-0.2, -0.15) is 0 Å². The number of hydrogen-bond acceptors (Lipinski definition) is 14. The molecule has 0 aromatic heterocycles. The Bertz CT molecular complexity index is 177. The van der Waals surface area contributed by atoms with Gasteiger partial charge in [0.05, 0.1) is 0 Å². The van der Waals surface area contributed by atoms with Gasteiger partial charge in [-0.25, -0.2) is 0 Å². The molecule has 0 aliphatic carbocycles. The minimum absolute atomic E-state index is 0. The quantitative estimate of drug-likeness (QED) is 0.273. The van der Waals surface area contributed by atoms with E-state index in [9.17, 15) is 0 Å². The van der Waals surface area contributed by atoms with Crippen LogP contribution < -0.4 is 40.9 Å². The van der Waals surface area contributed by atoms with Gasteiger partial charge in [0.2, 0.25) is 0 Å². The molecule has 0 heterocycles. The third-order valence-electron chi connectivity index (χ3n) is 0. The summed E-state index contributed by atoms with van der Waals surface area (Å²) in [6.07, 6.45) is -9.33. The van der Waals surface area contributed by atoms with E-state index < -0.39 is 24.6 Å². The largest absolute Gasteiger partial charge is 2.00 e. The third kappa shape index (κ3) is 11300. The van der Waals surface area contributed by atoms with E-state index >= 15 is 0 Å². The van der Waals surface area contributed by atoms with Crippen LogP contribution in [0.4, 0.5) is 19.2 Å². The molecule has 0 aliphatic rings. The van der Waals surface area contributed by atoms with Gasteiger partial charge in [-0.05, 0) is 24.6 Å². The minimum Gasteiger partial charge on any atom is -0.870 e. The van der Waals surface area contributed by atoms with Gasteiger partial charge in [-0.3, -0.25) is 0 Å². The Morgan fingerprint density at radius 1 is 0.310 bits per heavy atom. The number of carboxylic acid groups (broad SMARTS) is 8. The van der Waals surface area contributed by atoms with Crippen LogP contribution in [0, 0.1) is 0 Å². The van der Waals surface area contributed by atoms with Crippen molar-refractivity contribution in [3.63, 3.8) is 0 Å². The molecule has 0 fully saturated rings. The summed E-state index contributed by atoms with van der Waals surface area (Å²) in [5.74, 6) is 0. The normalized spacial score (nSPS) is 3.31. The summed E-state index contributed by atoms with van der Waals surface area (Å²) in [6.45, 7) is 0. The topological polar surface area (TPSA) is 470 Å². The number of hydrogen-bond donors (Lipinski definition) is 0. The predicted octanol–water partition coefficient (Wildman–Crippen LogP) is -16.5. The average Bonchev–Trinajstić information content (AvgIpc) is 1.76. The maximum absolute atomic E-state index is 8.33. The van der Waals surface area contributed by atoms with E-state index in [4.69, 9.17) is 60.0 Å². The maximum atomic E-state index is 8.33. The first-order chi connectivity index (χ1) is 6.93. The van der Waals surface area contributed by atoms with E-state index in [1.54, 1.807) is 0 Å². The molecule has 0 aromatic rings. The van der Waals surface area contributed by atoms with Crippen LogP contribution in [0.1, 0.15) is 0 Å². The molecule has 0 radical (unpaired) electrons. The monoisotopic (exact) mass is 508 g/mol. The SMILES string of the molecule is O.O.O.O.O.O=C([O-])[O-].O=C([O-])[O-].O=C([O-])[O-].O=C([O-])[O-].[Mg+2].[Mg+2].[Mg+2].[Mg+2].[Mg+2].[Mg+2].[OH-].[OH-]. The number of carbonyl (C=O) groups excluding carboxylic acids is 4. The fourth-order valence-electron chi connectivity index (χ4n) is 0. The molecule has 0 bridgehead atoms. The second kappa shape index (κ2) is 132. The van der Waals surface area contributed by atoms with Crippen molar-refractivity contribution >= 4 is 163 Å². The molecule has 0 amide bonds. The number of carbonyl (C=O) groups is 4. The zero-order valence-electron chi connectivity index (χ0n) is 14.5. The molecule has 0 saturated heterocycles. The maximum Gasteiger partial charge on any atom is 2.00 e. The van der Waals surface area contributed by atoms with Crippen LogP contribution in [0.15, 0.2) is 0 Å². The molecule has 12 N–H and O–H groups in total. The first kappa shape index (κ1) is 146. The van der Waals surface area contributed by atoms with Crippen molar-refractivity contribution in [2.24, 2.45) is 0 Å². The second-order valence-corrected chi connectivity index (χ2v) is 1.00. The Morgan fingerprint density at radius 2 is 0.310 bits per heavy atom. The van der Waals surface area contributed by atoms with E-state index in [1.165, 1.54) is 0 Å². The van der Waals surface area contributed by atoms with Crippen molar-refractivity contribution in [1.82, 2.24) is 0 Å². The first-order valence-corrected chi connectivity index (χ1v) is 2.45. The molecule has 152 valence electrons. The van der Waals surface area contributed by atoms with Crippen molar-refractivity contribution in [2.45, 2.75) is 0 Å². The predicted molar refractivity (Wildman–Crippen MR) is 78.0 cm³/mol. The van der Waals surface area contributed by atoms with Gasteiger partial charge >= 0.3 is 138 Å². The molecule has 0 saturated carbocycles. The molecule has 29 heavy (non-hydrogen) atoms. The second-order valence-electron chi connectivity index (χ2n) is 1.00. The summed E-state index contributed by atoms with van der Waals surface area (Å²) in [4.78, 5) is 33.3. The Hall–Kier alpha value is 1.40. The van der Waals surface area contributed by atoms with Crippen LogP contribution in [0.3, 0.4) is 0 Å². The van der Waals surface area contributed by atoms with Gasteiger partial charge < -0.3 is 98.4 Å². The summed E-state index contributed by atoms with van der Waals surface area (Å²) in [7, 11) is 0. The van der Waals surface area contributed by atoms with Crippen molar-refractivity contribution in [1.29, 1.82) is 0 Å². The van der Waals surface area contributed by atoms with Crippen LogP contribution in [-0.4, -0.2) is 201 Å². The van der Waals surface area contributed by atoms with E-state index in [0.29, 0.717) is 0 Å². The molecule has 0 atom stereocenters. The van der Waals surface area contributed by atoms with Crippen LogP contribution in [-0.2, 0) is 0 Å². The van der Waals surface area contributed by atoms with Crippen molar-refractivity contribution in [3.05, 3.63) is 0 Å². The molecule has 0 aromatic carbocycles. The molecule has 19 nitrogen and oxygen atoms in total. The van der Waals surface area contributed by atoms with Crippen LogP contribution >= 0.6 is 0 Å². The Balaban J connectivity index is -0.00000000384. The fraction of sp³-hybridized carbons (Fsp3) is 0. The standard InChI is InChI=1S/4CH2O3.6Mg.7H2O/c4*2-1(3)4;;;;;;;;;;;;;/h4*(H2,2,3,4);;;;;;;7*1H2/q;;;;6*+2;;;;;;;/p-10. The Labute approximate surface area is 258 Å². The van der Waals surface area contributed by atoms with Gasteiger partial charge in [-0.15, -0.1) is 0 Å². The van der Waals surface area contributed by atoms with Gasteiger partial charge in [0.25, 0.3) is 0 Å². The smallest absolute Gasteiger partial charge is 0.870 e. The zero-order valence-corrected chi connectivity index (χ0v) is 23.0. The number of rotatable bonds is 0. The van der Waals surface area contributed by atoms with Crippen LogP contribution in [0.5, 0.6) is 0 Å². The average molecular weight is 510 g/mol. The first-order valence-electron chi connectivity index (χ1n) is 2.45. The Kier molecular flexibility index (Phi) is 667. The van der Waals surface area contributed by atoms with E-state index in [1.807, 2.05) is 0 Å². The summed E-state index contributed by atoms with van der Waals surface area (Å²) < 4.78 is 0. The molecule has 0 spiro atoms. The van der Waals surface area contributed by atoms with Crippen molar-refractivity contribution in [3.8, 4) is 0 Å². The summed E-state index contributed by atoms with van der Waals surface area (Å²) in [5, 5.41) is 66.7. The van der Waals surface area contributed by atoms with E-state index in [0.717, 1.165) is 0 Å². The summed E-state index contributed by atoms with van der Waals surface area (Å²) in [6, 6.07) is 0. The molecule has 25 heteroatoms. The molecule has 0 unspecified atom stereocenters. The van der Waals surface area contributed by atoms with Crippen molar-refractivity contribution in [2.75, 3.05) is 0 Å². The van der Waals surface area contributed by atoms with E-state index in [-0.39, 0.29) is 177 Å². The minimum atomic E-state index is -2.33. The molecule has 0 rings (SSSR count). The molecular weight excluding hydrogens is 498 g/mol. The van der Waals surface area contributed by atoms with E-state index in [2.05, 4.69) is 0 Å². The van der Waals surface area contributed by atoms with Crippen LogP contribution in [0.25, 0.3) is 0 Å². The van der Waals surface area contributed by atoms with Gasteiger partial charge in [0.1, 0.15) is 0 Å².